The smallest absolute Gasteiger partial charge is 0.243 e. The van der Waals surface area contributed by atoms with E-state index in [-0.39, 0.29) is 25.0 Å². The van der Waals surface area contributed by atoms with E-state index in [1.54, 1.807) is 30.3 Å². The Morgan fingerprint density at radius 1 is 1.41 bits per heavy atom. The minimum Gasteiger partial charge on any atom is -0.344 e. The van der Waals surface area contributed by atoms with Crippen molar-refractivity contribution < 1.29 is 18.0 Å². The van der Waals surface area contributed by atoms with Crippen LogP contribution in [0, 0.1) is 0 Å². The highest BCUT2D eigenvalue weighted by Gasteiger charge is 2.51. The second kappa shape index (κ2) is 6.02. The average Bonchev–Trinajstić information content (AvgIpc) is 2.48. The van der Waals surface area contributed by atoms with Crippen LogP contribution >= 0.6 is 0 Å². The number of carbonyl (C=O) groups is 2. The highest BCUT2D eigenvalue weighted by molar-refractivity contribution is 7.91. The molecule has 1 aromatic carbocycles. The van der Waals surface area contributed by atoms with Gasteiger partial charge in [0.1, 0.15) is 0 Å². The number of amides is 1. The summed E-state index contributed by atoms with van der Waals surface area (Å²) in [5, 5.41) is 7.73. The van der Waals surface area contributed by atoms with E-state index in [0.717, 1.165) is 0 Å². The zero-order chi connectivity index (χ0) is 16.4. The van der Waals surface area contributed by atoms with Crippen molar-refractivity contribution in [3.05, 3.63) is 48.6 Å². The predicted octanol–water partition coefficient (Wildman–Crippen LogP) is 0.751. The summed E-state index contributed by atoms with van der Waals surface area (Å²) in [6.45, 7) is 3.48. The molecule has 0 spiro atoms. The van der Waals surface area contributed by atoms with Gasteiger partial charge in [-0.15, -0.1) is 6.58 Å². The van der Waals surface area contributed by atoms with Crippen LogP contribution in [-0.4, -0.2) is 30.9 Å². The van der Waals surface area contributed by atoms with Crippen molar-refractivity contribution in [3.63, 3.8) is 0 Å². The molecule has 0 aromatic heterocycles. The molecule has 1 heterocycles. The van der Waals surface area contributed by atoms with Crippen LogP contribution in [0.25, 0.3) is 0 Å². The molecule has 0 bridgehead atoms. The Bertz CT molecular complexity index is 700. The molecule has 1 fully saturated rings. The second-order valence-electron chi connectivity index (χ2n) is 5.33. The van der Waals surface area contributed by atoms with Crippen molar-refractivity contribution in [2.45, 2.75) is 30.1 Å². The zero-order valence-corrected chi connectivity index (χ0v) is 12.8. The normalized spacial score (nSPS) is 25.3. The van der Waals surface area contributed by atoms with E-state index in [0.29, 0.717) is 5.56 Å². The van der Waals surface area contributed by atoms with Crippen molar-refractivity contribution >= 4 is 21.7 Å². The quantitative estimate of drug-likeness (QED) is 0.616. The van der Waals surface area contributed by atoms with E-state index in [2.05, 4.69) is 11.9 Å². The molecule has 22 heavy (non-hydrogen) atoms. The summed E-state index contributed by atoms with van der Waals surface area (Å²) in [6.07, 6.45) is 1.48. The van der Waals surface area contributed by atoms with Crippen LogP contribution in [0.2, 0.25) is 0 Å². The fourth-order valence-electron chi connectivity index (χ4n) is 2.67. The summed E-state index contributed by atoms with van der Waals surface area (Å²) >= 11 is 0. The lowest BCUT2D eigenvalue weighted by molar-refractivity contribution is -0.125. The van der Waals surface area contributed by atoms with Crippen molar-refractivity contribution in [2.75, 3.05) is 0 Å². The highest BCUT2D eigenvalue weighted by atomic mass is 32.2. The van der Waals surface area contributed by atoms with Crippen LogP contribution in [0.3, 0.4) is 0 Å². The molecule has 118 valence electrons. The van der Waals surface area contributed by atoms with Crippen LogP contribution in [-0.2, 0) is 14.8 Å². The molecule has 1 aliphatic heterocycles. The van der Waals surface area contributed by atoms with Gasteiger partial charge in [0.25, 0.3) is 0 Å². The molecule has 6 nitrogen and oxygen atoms in total. The SMILES string of the molecule is C=CCC1(S(N)(=O)=O)CCC(C(=O)c2ccccc2)NC1=O. The third-order valence-electron chi connectivity index (χ3n) is 3.95. The number of ketones is 1. The molecule has 2 rings (SSSR count). The number of carbonyl (C=O) groups excluding carboxylic acids is 2. The molecule has 1 saturated heterocycles. The minimum atomic E-state index is -4.11. The zero-order valence-electron chi connectivity index (χ0n) is 12.0. The number of primary sulfonamides is 1. The Labute approximate surface area is 129 Å². The van der Waals surface area contributed by atoms with Gasteiger partial charge in [0.05, 0.1) is 6.04 Å². The summed E-state index contributed by atoms with van der Waals surface area (Å²) in [5.41, 5.74) is 0.472. The lowest BCUT2D eigenvalue weighted by Gasteiger charge is -2.36. The Kier molecular flexibility index (Phi) is 4.48. The molecule has 0 aliphatic carbocycles. The Morgan fingerprint density at radius 2 is 2.05 bits per heavy atom. The van der Waals surface area contributed by atoms with Crippen molar-refractivity contribution in [3.8, 4) is 0 Å². The summed E-state index contributed by atoms with van der Waals surface area (Å²) in [4.78, 5) is 24.7. The first-order valence-corrected chi connectivity index (χ1v) is 8.40. The van der Waals surface area contributed by atoms with E-state index in [1.807, 2.05) is 0 Å². The summed E-state index contributed by atoms with van der Waals surface area (Å²) in [7, 11) is -4.11. The molecule has 0 radical (unpaired) electrons. The Hall–Kier alpha value is -1.99. The van der Waals surface area contributed by atoms with Gasteiger partial charge in [-0.1, -0.05) is 36.4 Å². The van der Waals surface area contributed by atoms with E-state index in [4.69, 9.17) is 5.14 Å². The first-order valence-electron chi connectivity index (χ1n) is 6.85. The number of hydrogen-bond donors (Lipinski definition) is 2. The van der Waals surface area contributed by atoms with Gasteiger partial charge in [0, 0.05) is 5.56 Å². The first-order chi connectivity index (χ1) is 10.3. The maximum Gasteiger partial charge on any atom is 0.243 e. The predicted molar refractivity (Wildman–Crippen MR) is 82.6 cm³/mol. The number of piperidine rings is 1. The molecule has 0 saturated carbocycles. The number of rotatable bonds is 5. The summed E-state index contributed by atoms with van der Waals surface area (Å²) in [5.74, 6) is -0.981. The summed E-state index contributed by atoms with van der Waals surface area (Å²) in [6, 6.07) is 7.80. The van der Waals surface area contributed by atoms with Crippen molar-refractivity contribution in [1.82, 2.24) is 5.32 Å². The van der Waals surface area contributed by atoms with Crippen LogP contribution in [0.4, 0.5) is 0 Å². The second-order valence-corrected chi connectivity index (χ2v) is 7.20. The van der Waals surface area contributed by atoms with Gasteiger partial charge in [-0.25, -0.2) is 13.6 Å². The van der Waals surface area contributed by atoms with Gasteiger partial charge in [-0.3, -0.25) is 9.59 Å². The number of Topliss-reactive ketones (excluding diaryl/α,β-unsaturated/α-hetero) is 1. The number of hydrogen-bond acceptors (Lipinski definition) is 4. The molecule has 2 unspecified atom stereocenters. The van der Waals surface area contributed by atoms with Gasteiger partial charge >= 0.3 is 0 Å². The molecule has 1 amide bonds. The monoisotopic (exact) mass is 322 g/mol. The Morgan fingerprint density at radius 3 is 2.55 bits per heavy atom. The number of nitrogens with one attached hydrogen (secondary N) is 1. The highest BCUT2D eigenvalue weighted by Crippen LogP contribution is 2.31. The standard InChI is InChI=1S/C15H18N2O4S/c1-2-9-15(22(16,20)21)10-8-12(17-14(15)19)13(18)11-6-4-3-5-7-11/h2-7,12H,1,8-10H2,(H,17,19)(H2,16,20,21). The van der Waals surface area contributed by atoms with Gasteiger partial charge in [-0.05, 0) is 19.3 Å². The molecular weight excluding hydrogens is 304 g/mol. The molecule has 1 aliphatic rings. The van der Waals surface area contributed by atoms with Gasteiger partial charge in [0.2, 0.25) is 15.9 Å². The van der Waals surface area contributed by atoms with Crippen LogP contribution in [0.5, 0.6) is 0 Å². The number of nitrogens with two attached hydrogens (primary N) is 1. The fraction of sp³-hybridized carbons (Fsp3) is 0.333. The third kappa shape index (κ3) is 2.82. The molecule has 7 heteroatoms. The van der Waals surface area contributed by atoms with E-state index in [1.165, 1.54) is 6.08 Å². The average molecular weight is 322 g/mol. The van der Waals surface area contributed by atoms with E-state index in [9.17, 15) is 18.0 Å². The van der Waals surface area contributed by atoms with Crippen LogP contribution in [0.15, 0.2) is 43.0 Å². The lowest BCUT2D eigenvalue weighted by Crippen LogP contribution is -2.62. The lowest BCUT2D eigenvalue weighted by atomic mass is 9.87. The first kappa shape index (κ1) is 16.4. The maximum atomic E-state index is 12.3. The summed E-state index contributed by atoms with van der Waals surface area (Å²) < 4.78 is 21.9. The topological polar surface area (TPSA) is 106 Å². The van der Waals surface area contributed by atoms with Gasteiger partial charge < -0.3 is 5.32 Å². The van der Waals surface area contributed by atoms with Crippen molar-refractivity contribution in [2.24, 2.45) is 5.14 Å². The van der Waals surface area contributed by atoms with E-state index < -0.39 is 26.7 Å². The number of benzene rings is 1. The minimum absolute atomic E-state index is 0.00702. The largest absolute Gasteiger partial charge is 0.344 e. The van der Waals surface area contributed by atoms with Gasteiger partial charge in [0.15, 0.2) is 10.5 Å². The fourth-order valence-corrected chi connectivity index (χ4v) is 3.74. The molecule has 2 atom stereocenters. The third-order valence-corrected chi connectivity index (χ3v) is 5.59. The number of allylic oxidation sites excluding steroid dienone is 1. The van der Waals surface area contributed by atoms with Crippen molar-refractivity contribution in [1.29, 1.82) is 0 Å². The van der Waals surface area contributed by atoms with E-state index >= 15 is 0 Å². The molecular formula is C15H18N2O4S. The van der Waals surface area contributed by atoms with Crippen LogP contribution in [0.1, 0.15) is 29.6 Å². The number of sulfonamides is 1. The molecule has 3 N–H and O–H groups in total. The van der Waals surface area contributed by atoms with Gasteiger partial charge in [-0.2, -0.15) is 0 Å². The maximum absolute atomic E-state index is 12.3. The van der Waals surface area contributed by atoms with Crippen LogP contribution < -0.4 is 10.5 Å². The Balaban J connectivity index is 2.24. The molecule has 1 aromatic rings.